The smallest absolute Gasteiger partial charge is 0.130 e. The van der Waals surface area contributed by atoms with E-state index in [0.717, 1.165) is 30.2 Å². The van der Waals surface area contributed by atoms with Crippen LogP contribution in [0.5, 0.6) is 0 Å². The average molecular weight is 333 g/mol. The number of piperidine rings is 1. The molecule has 1 aromatic carbocycles. The van der Waals surface area contributed by atoms with Crippen molar-refractivity contribution in [1.82, 2.24) is 10.5 Å². The lowest BCUT2D eigenvalue weighted by Crippen LogP contribution is -2.29. The van der Waals surface area contributed by atoms with Crippen LogP contribution in [-0.4, -0.2) is 23.3 Å². The lowest BCUT2D eigenvalue weighted by molar-refractivity contribution is 0.161. The van der Waals surface area contributed by atoms with Crippen molar-refractivity contribution in [3.8, 4) is 0 Å². The number of rotatable bonds is 5. The van der Waals surface area contributed by atoms with E-state index < -0.39 is 0 Å². The van der Waals surface area contributed by atoms with Crippen LogP contribution in [0.4, 0.5) is 17.2 Å². The third kappa shape index (κ3) is 4.13. The van der Waals surface area contributed by atoms with Crippen molar-refractivity contribution in [3.63, 3.8) is 0 Å². The van der Waals surface area contributed by atoms with E-state index in [1.165, 1.54) is 24.9 Å². The number of hydrogen-bond acceptors (Lipinski definition) is 5. The fourth-order valence-electron chi connectivity index (χ4n) is 2.80. The van der Waals surface area contributed by atoms with Gasteiger partial charge in [0.05, 0.1) is 11.9 Å². The Morgan fingerprint density at radius 3 is 2.61 bits per heavy atom. The third-order valence-corrected chi connectivity index (χ3v) is 4.42. The Morgan fingerprint density at radius 2 is 1.96 bits per heavy atom. The van der Waals surface area contributed by atoms with E-state index in [9.17, 15) is 0 Å². The minimum atomic E-state index is 0.321. The molecule has 3 rings (SSSR count). The van der Waals surface area contributed by atoms with Gasteiger partial charge in [-0.25, -0.2) is 10.5 Å². The number of hydroxylamine groups is 1. The van der Waals surface area contributed by atoms with Crippen LogP contribution in [0.15, 0.2) is 36.5 Å². The Kier molecular flexibility index (Phi) is 5.33. The molecule has 0 bridgehead atoms. The van der Waals surface area contributed by atoms with Gasteiger partial charge in [-0.1, -0.05) is 17.7 Å². The van der Waals surface area contributed by atoms with Gasteiger partial charge in [0.15, 0.2) is 0 Å². The average Bonchev–Trinajstić information content (AvgIpc) is 2.59. The number of halogens is 1. The molecule has 2 heterocycles. The predicted molar refractivity (Wildman–Crippen MR) is 93.7 cm³/mol. The third-order valence-electron chi connectivity index (χ3n) is 4.06. The maximum absolute atomic E-state index is 8.74. The summed E-state index contributed by atoms with van der Waals surface area (Å²) in [5.74, 6) is 0.787. The zero-order valence-electron chi connectivity index (χ0n) is 12.9. The second kappa shape index (κ2) is 7.64. The van der Waals surface area contributed by atoms with Crippen molar-refractivity contribution >= 4 is 28.8 Å². The molecule has 1 aliphatic rings. The lowest BCUT2D eigenvalue weighted by Gasteiger charge is -2.28. The fourth-order valence-corrected chi connectivity index (χ4v) is 3.05. The Balaban J connectivity index is 1.67. The predicted octanol–water partition coefficient (Wildman–Crippen LogP) is 3.95. The monoisotopic (exact) mass is 332 g/mol. The quantitative estimate of drug-likeness (QED) is 0.724. The van der Waals surface area contributed by atoms with E-state index in [4.69, 9.17) is 16.8 Å². The van der Waals surface area contributed by atoms with Crippen LogP contribution in [0.25, 0.3) is 0 Å². The van der Waals surface area contributed by atoms with Gasteiger partial charge in [0, 0.05) is 30.3 Å². The van der Waals surface area contributed by atoms with Crippen molar-refractivity contribution < 1.29 is 5.21 Å². The first kappa shape index (κ1) is 16.1. The minimum Gasteiger partial charge on any atom is -0.370 e. The highest BCUT2D eigenvalue weighted by Crippen LogP contribution is 2.25. The first-order valence-electron chi connectivity index (χ1n) is 7.89. The Labute approximate surface area is 141 Å². The number of nitrogens with one attached hydrogen (secondary N) is 2. The van der Waals surface area contributed by atoms with E-state index >= 15 is 0 Å². The van der Waals surface area contributed by atoms with Crippen LogP contribution >= 0.6 is 11.6 Å². The van der Waals surface area contributed by atoms with E-state index in [0.29, 0.717) is 11.6 Å². The van der Waals surface area contributed by atoms with Crippen LogP contribution in [0.1, 0.15) is 24.8 Å². The van der Waals surface area contributed by atoms with Crippen LogP contribution in [0.2, 0.25) is 5.02 Å². The molecule has 1 fully saturated rings. The zero-order chi connectivity index (χ0) is 16.1. The molecule has 0 unspecified atom stereocenters. The van der Waals surface area contributed by atoms with Gasteiger partial charge in [0.2, 0.25) is 0 Å². The molecule has 1 saturated heterocycles. The van der Waals surface area contributed by atoms with Gasteiger partial charge in [-0.3, -0.25) is 0 Å². The molecule has 3 N–H and O–H groups in total. The Hall–Kier alpha value is -1.82. The minimum absolute atomic E-state index is 0.321. The first-order chi connectivity index (χ1) is 11.3. The molecule has 2 aromatic rings. The first-order valence-corrected chi connectivity index (χ1v) is 8.27. The maximum Gasteiger partial charge on any atom is 0.130 e. The lowest BCUT2D eigenvalue weighted by atomic mass is 10.1. The summed E-state index contributed by atoms with van der Waals surface area (Å²) >= 11 is 6.18. The molecule has 0 atom stereocenters. The van der Waals surface area contributed by atoms with E-state index in [1.54, 1.807) is 0 Å². The van der Waals surface area contributed by atoms with Gasteiger partial charge in [-0.15, -0.1) is 0 Å². The van der Waals surface area contributed by atoms with Gasteiger partial charge in [0.1, 0.15) is 5.82 Å². The molecule has 0 amide bonds. The molecular formula is C17H21ClN4O. The Morgan fingerprint density at radius 1 is 1.13 bits per heavy atom. The maximum atomic E-state index is 8.74. The highest BCUT2D eigenvalue weighted by molar-refractivity contribution is 6.31. The summed E-state index contributed by atoms with van der Waals surface area (Å²) in [4.78, 5) is 6.87. The Bertz CT molecular complexity index is 642. The van der Waals surface area contributed by atoms with Crippen molar-refractivity contribution in [3.05, 3.63) is 47.1 Å². The summed E-state index contributed by atoms with van der Waals surface area (Å²) in [6.07, 6.45) is 5.76. The van der Waals surface area contributed by atoms with Gasteiger partial charge in [0.25, 0.3) is 0 Å². The molecule has 0 spiro atoms. The summed E-state index contributed by atoms with van der Waals surface area (Å²) in [6.45, 7) is 2.55. The van der Waals surface area contributed by atoms with Crippen LogP contribution < -0.4 is 15.7 Å². The molecule has 0 saturated carbocycles. The number of nitrogens with zero attached hydrogens (tertiary/aromatic N) is 2. The highest BCUT2D eigenvalue weighted by atomic mass is 35.5. The van der Waals surface area contributed by atoms with Gasteiger partial charge in [-0.2, -0.15) is 0 Å². The number of aromatic nitrogens is 1. The van der Waals surface area contributed by atoms with Crippen molar-refractivity contribution in [2.24, 2.45) is 0 Å². The number of pyridine rings is 1. The van der Waals surface area contributed by atoms with E-state index in [-0.39, 0.29) is 0 Å². The summed E-state index contributed by atoms with van der Waals surface area (Å²) in [5, 5.41) is 12.6. The number of benzene rings is 1. The number of anilines is 3. The van der Waals surface area contributed by atoms with Gasteiger partial charge >= 0.3 is 0 Å². The standard InChI is InChI=1S/C17H21ClN4O/c18-16-10-14(5-4-13(16)11-20-23)21-17-7-6-15(12-19-17)22-8-2-1-3-9-22/h4-7,10,12,20,23H,1-3,8-9,11H2,(H,19,21). The normalized spacial score (nSPS) is 14.8. The second-order valence-electron chi connectivity index (χ2n) is 5.72. The van der Waals surface area contributed by atoms with Crippen molar-refractivity contribution in [1.29, 1.82) is 0 Å². The largest absolute Gasteiger partial charge is 0.370 e. The fraction of sp³-hybridized carbons (Fsp3) is 0.353. The summed E-state index contributed by atoms with van der Waals surface area (Å²) < 4.78 is 0. The molecule has 122 valence electrons. The summed E-state index contributed by atoms with van der Waals surface area (Å²) in [6, 6.07) is 9.70. The molecule has 0 aliphatic carbocycles. The van der Waals surface area contributed by atoms with Crippen molar-refractivity contribution in [2.45, 2.75) is 25.8 Å². The van der Waals surface area contributed by atoms with Crippen LogP contribution in [-0.2, 0) is 6.54 Å². The molecule has 1 aliphatic heterocycles. The van der Waals surface area contributed by atoms with Gasteiger partial charge in [-0.05, 0) is 49.1 Å². The second-order valence-corrected chi connectivity index (χ2v) is 6.12. The van der Waals surface area contributed by atoms with Crippen LogP contribution in [0, 0.1) is 0 Å². The van der Waals surface area contributed by atoms with Crippen LogP contribution in [0.3, 0.4) is 0 Å². The highest BCUT2D eigenvalue weighted by Gasteiger charge is 2.11. The molecule has 1 aromatic heterocycles. The van der Waals surface area contributed by atoms with E-state index in [1.807, 2.05) is 30.5 Å². The number of hydrogen-bond donors (Lipinski definition) is 3. The molecular weight excluding hydrogens is 312 g/mol. The van der Waals surface area contributed by atoms with E-state index in [2.05, 4.69) is 26.7 Å². The molecule has 6 heteroatoms. The topological polar surface area (TPSA) is 60.4 Å². The molecule has 23 heavy (non-hydrogen) atoms. The zero-order valence-corrected chi connectivity index (χ0v) is 13.7. The van der Waals surface area contributed by atoms with Gasteiger partial charge < -0.3 is 15.4 Å². The SMILES string of the molecule is ONCc1ccc(Nc2ccc(N3CCCCC3)cn2)cc1Cl. The molecule has 0 radical (unpaired) electrons. The summed E-state index contributed by atoms with van der Waals surface area (Å²) in [7, 11) is 0. The summed E-state index contributed by atoms with van der Waals surface area (Å²) in [5.41, 5.74) is 5.00. The molecule has 5 nitrogen and oxygen atoms in total. The van der Waals surface area contributed by atoms with Crippen molar-refractivity contribution in [2.75, 3.05) is 23.3 Å².